The molecule has 0 spiro atoms. The van der Waals surface area contributed by atoms with Crippen LogP contribution in [-0.4, -0.2) is 16.1 Å². The van der Waals surface area contributed by atoms with E-state index in [4.69, 9.17) is 0 Å². The summed E-state index contributed by atoms with van der Waals surface area (Å²) >= 11 is 0. The second-order valence-electron chi connectivity index (χ2n) is 3.26. The lowest BCUT2D eigenvalue weighted by molar-refractivity contribution is 0.0950. The first-order chi connectivity index (χ1) is 7.86. The second-order valence-corrected chi connectivity index (χ2v) is 3.26. The van der Waals surface area contributed by atoms with Gasteiger partial charge in [0, 0.05) is 11.8 Å². The van der Waals surface area contributed by atoms with Crippen LogP contribution in [0.25, 0.3) is 0 Å². The molecule has 1 heterocycles. The largest absolute Gasteiger partial charge is 0.346 e. The Morgan fingerprint density at radius 3 is 2.62 bits per heavy atom. The molecule has 4 heteroatoms. The Kier molecular flexibility index (Phi) is 3.23. The van der Waals surface area contributed by atoms with E-state index in [1.54, 1.807) is 24.4 Å². The number of carbonyl (C=O) groups excluding carboxylic acids is 1. The van der Waals surface area contributed by atoms with Gasteiger partial charge in [-0.15, -0.1) is 0 Å². The fourth-order valence-corrected chi connectivity index (χ4v) is 1.29. The molecule has 2 aromatic rings. The minimum atomic E-state index is -0.105. The van der Waals surface area contributed by atoms with Crippen molar-refractivity contribution >= 4 is 5.91 Å². The van der Waals surface area contributed by atoms with Gasteiger partial charge in [0.05, 0.1) is 12.2 Å². The summed E-state index contributed by atoms with van der Waals surface area (Å²) in [6, 6.07) is 12.7. The van der Waals surface area contributed by atoms with Gasteiger partial charge in [-0.2, -0.15) is 10.2 Å². The first-order valence-electron chi connectivity index (χ1n) is 4.96. The Hall–Kier alpha value is -2.23. The molecule has 1 aromatic heterocycles. The molecule has 1 N–H and O–H groups in total. The molecular formula is C12H11N3O. The summed E-state index contributed by atoms with van der Waals surface area (Å²) in [7, 11) is 0. The minimum Gasteiger partial charge on any atom is -0.346 e. The molecular weight excluding hydrogens is 202 g/mol. The first kappa shape index (κ1) is 10.3. The third kappa shape index (κ3) is 2.63. The Morgan fingerprint density at radius 1 is 1.12 bits per heavy atom. The van der Waals surface area contributed by atoms with Gasteiger partial charge in [0.2, 0.25) is 0 Å². The molecule has 0 fully saturated rings. The van der Waals surface area contributed by atoms with Crippen LogP contribution in [-0.2, 0) is 6.54 Å². The molecule has 0 saturated carbocycles. The van der Waals surface area contributed by atoms with E-state index in [0.29, 0.717) is 12.1 Å². The highest BCUT2D eigenvalue weighted by molar-refractivity contribution is 5.93. The molecule has 0 unspecified atom stereocenters. The molecule has 0 bridgehead atoms. The highest BCUT2D eigenvalue weighted by Gasteiger charge is 2.03. The van der Waals surface area contributed by atoms with Crippen LogP contribution in [0.3, 0.4) is 0 Å². The Balaban J connectivity index is 1.95. The lowest BCUT2D eigenvalue weighted by atomic mass is 10.2. The number of benzene rings is 1. The van der Waals surface area contributed by atoms with Crippen LogP contribution in [0.2, 0.25) is 0 Å². The summed E-state index contributed by atoms with van der Waals surface area (Å²) in [5, 5.41) is 10.4. The summed E-state index contributed by atoms with van der Waals surface area (Å²) in [6.45, 7) is 0.390. The summed E-state index contributed by atoms with van der Waals surface area (Å²) in [4.78, 5) is 11.7. The normalized spacial score (nSPS) is 9.75. The van der Waals surface area contributed by atoms with Crippen molar-refractivity contribution in [2.24, 2.45) is 0 Å². The van der Waals surface area contributed by atoms with Gasteiger partial charge in [0.15, 0.2) is 0 Å². The first-order valence-corrected chi connectivity index (χ1v) is 4.96. The zero-order valence-corrected chi connectivity index (χ0v) is 8.63. The molecule has 0 aliphatic rings. The third-order valence-corrected chi connectivity index (χ3v) is 2.09. The molecule has 16 heavy (non-hydrogen) atoms. The van der Waals surface area contributed by atoms with E-state index in [9.17, 15) is 4.79 Å². The van der Waals surface area contributed by atoms with Crippen molar-refractivity contribution in [3.05, 3.63) is 59.9 Å². The zero-order chi connectivity index (χ0) is 11.2. The topological polar surface area (TPSA) is 54.9 Å². The highest BCUT2D eigenvalue weighted by Crippen LogP contribution is 1.98. The number of aromatic nitrogens is 2. The van der Waals surface area contributed by atoms with Crippen molar-refractivity contribution < 1.29 is 4.79 Å². The van der Waals surface area contributed by atoms with E-state index in [2.05, 4.69) is 15.5 Å². The van der Waals surface area contributed by atoms with E-state index in [0.717, 1.165) is 5.69 Å². The summed E-state index contributed by atoms with van der Waals surface area (Å²) in [5.41, 5.74) is 1.39. The van der Waals surface area contributed by atoms with Gasteiger partial charge >= 0.3 is 0 Å². The number of carbonyl (C=O) groups is 1. The smallest absolute Gasteiger partial charge is 0.251 e. The average Bonchev–Trinajstić information content (AvgIpc) is 2.38. The van der Waals surface area contributed by atoms with Crippen molar-refractivity contribution in [1.29, 1.82) is 0 Å². The van der Waals surface area contributed by atoms with Gasteiger partial charge < -0.3 is 5.32 Å². The number of rotatable bonds is 3. The van der Waals surface area contributed by atoms with Gasteiger partial charge in [0.25, 0.3) is 5.91 Å². The average molecular weight is 213 g/mol. The third-order valence-electron chi connectivity index (χ3n) is 2.09. The molecule has 0 aliphatic carbocycles. The molecule has 1 amide bonds. The van der Waals surface area contributed by atoms with Gasteiger partial charge in [0.1, 0.15) is 0 Å². The van der Waals surface area contributed by atoms with Crippen LogP contribution in [0.5, 0.6) is 0 Å². The van der Waals surface area contributed by atoms with Gasteiger partial charge in [-0.25, -0.2) is 0 Å². The molecule has 2 rings (SSSR count). The molecule has 0 atom stereocenters. The molecule has 0 radical (unpaired) electrons. The molecule has 4 nitrogen and oxygen atoms in total. The Labute approximate surface area is 93.3 Å². The predicted molar refractivity (Wildman–Crippen MR) is 59.6 cm³/mol. The van der Waals surface area contributed by atoms with Gasteiger partial charge in [-0.3, -0.25) is 4.79 Å². The number of amides is 1. The van der Waals surface area contributed by atoms with Gasteiger partial charge in [-0.05, 0) is 24.3 Å². The van der Waals surface area contributed by atoms with Crippen molar-refractivity contribution in [2.45, 2.75) is 6.54 Å². The summed E-state index contributed by atoms with van der Waals surface area (Å²) < 4.78 is 0. The summed E-state index contributed by atoms with van der Waals surface area (Å²) in [5.74, 6) is -0.105. The van der Waals surface area contributed by atoms with E-state index < -0.39 is 0 Å². The SMILES string of the molecule is O=C(NCc1cccnn1)c1ccccc1. The van der Waals surface area contributed by atoms with Crippen molar-refractivity contribution in [3.8, 4) is 0 Å². The van der Waals surface area contributed by atoms with Crippen LogP contribution in [0, 0.1) is 0 Å². The predicted octanol–water partition coefficient (Wildman–Crippen LogP) is 1.41. The number of nitrogens with zero attached hydrogens (tertiary/aromatic N) is 2. The monoisotopic (exact) mass is 213 g/mol. The fraction of sp³-hybridized carbons (Fsp3) is 0.0833. The van der Waals surface area contributed by atoms with E-state index >= 15 is 0 Å². The maximum atomic E-state index is 11.7. The second kappa shape index (κ2) is 5.02. The molecule has 0 aliphatic heterocycles. The Morgan fingerprint density at radius 2 is 1.94 bits per heavy atom. The number of nitrogens with one attached hydrogen (secondary N) is 1. The number of hydrogen-bond donors (Lipinski definition) is 1. The quantitative estimate of drug-likeness (QED) is 0.838. The summed E-state index contributed by atoms with van der Waals surface area (Å²) in [6.07, 6.45) is 1.60. The lowest BCUT2D eigenvalue weighted by Crippen LogP contribution is -2.23. The van der Waals surface area contributed by atoms with Crippen LogP contribution in [0.1, 0.15) is 16.1 Å². The van der Waals surface area contributed by atoms with Crippen LogP contribution in [0.4, 0.5) is 0 Å². The van der Waals surface area contributed by atoms with Crippen molar-refractivity contribution in [1.82, 2.24) is 15.5 Å². The minimum absolute atomic E-state index is 0.105. The van der Waals surface area contributed by atoms with E-state index in [-0.39, 0.29) is 5.91 Å². The molecule has 1 aromatic carbocycles. The maximum Gasteiger partial charge on any atom is 0.251 e. The lowest BCUT2D eigenvalue weighted by Gasteiger charge is -2.03. The van der Waals surface area contributed by atoms with Crippen LogP contribution >= 0.6 is 0 Å². The standard InChI is InChI=1S/C12H11N3O/c16-12(10-5-2-1-3-6-10)13-9-11-7-4-8-14-15-11/h1-8H,9H2,(H,13,16). The van der Waals surface area contributed by atoms with Crippen molar-refractivity contribution in [2.75, 3.05) is 0 Å². The zero-order valence-electron chi connectivity index (χ0n) is 8.63. The van der Waals surface area contributed by atoms with Gasteiger partial charge in [-0.1, -0.05) is 18.2 Å². The van der Waals surface area contributed by atoms with Crippen molar-refractivity contribution in [3.63, 3.8) is 0 Å². The molecule has 80 valence electrons. The highest BCUT2D eigenvalue weighted by atomic mass is 16.1. The molecule has 0 saturated heterocycles. The van der Waals surface area contributed by atoms with Crippen LogP contribution in [0.15, 0.2) is 48.7 Å². The number of hydrogen-bond acceptors (Lipinski definition) is 3. The van der Waals surface area contributed by atoms with E-state index in [1.165, 1.54) is 0 Å². The van der Waals surface area contributed by atoms with Crippen LogP contribution < -0.4 is 5.32 Å². The Bertz CT molecular complexity index is 456. The fourth-order valence-electron chi connectivity index (χ4n) is 1.29. The van der Waals surface area contributed by atoms with E-state index in [1.807, 2.05) is 24.3 Å². The maximum absolute atomic E-state index is 11.7.